The van der Waals surface area contributed by atoms with Gasteiger partial charge in [0.15, 0.2) is 0 Å². The minimum atomic E-state index is -0.107. The van der Waals surface area contributed by atoms with E-state index in [2.05, 4.69) is 20.9 Å². The van der Waals surface area contributed by atoms with E-state index in [0.29, 0.717) is 24.5 Å². The Morgan fingerprint density at radius 1 is 1.13 bits per heavy atom. The molecule has 3 heterocycles. The zero-order chi connectivity index (χ0) is 16.8. The average molecular weight is 316 g/mol. The molecular formula is C17H24N4O2. The van der Waals surface area contributed by atoms with Crippen LogP contribution in [0, 0.1) is 29.1 Å². The number of nitrogens with zero attached hydrogens (tertiary/aromatic N) is 4. The van der Waals surface area contributed by atoms with E-state index in [9.17, 15) is 15.5 Å². The second kappa shape index (κ2) is 5.36. The van der Waals surface area contributed by atoms with E-state index in [1.165, 1.54) is 0 Å². The third-order valence-electron chi connectivity index (χ3n) is 4.91. The maximum Gasteiger partial charge on any atom is 0.148 e. The molecule has 0 radical (unpaired) electrons. The first-order chi connectivity index (χ1) is 10.8. The Kier molecular flexibility index (Phi) is 3.74. The minimum Gasteiger partial charge on any atom is -0.396 e. The summed E-state index contributed by atoms with van der Waals surface area (Å²) in [5, 5.41) is 28.5. The highest BCUT2D eigenvalue weighted by molar-refractivity contribution is 5.72. The largest absolute Gasteiger partial charge is 0.396 e. The number of hydrogen-bond donors (Lipinski definition) is 2. The zero-order valence-corrected chi connectivity index (χ0v) is 14.0. The molecule has 0 aromatic carbocycles. The molecule has 1 aromatic rings. The number of aliphatic hydroxyl groups is 2. The van der Waals surface area contributed by atoms with Crippen molar-refractivity contribution in [1.29, 1.82) is 5.26 Å². The summed E-state index contributed by atoms with van der Waals surface area (Å²) in [6.45, 7) is 9.23. The number of nitriles is 1. The van der Waals surface area contributed by atoms with Gasteiger partial charge in [-0.1, -0.05) is 13.8 Å². The van der Waals surface area contributed by atoms with Crippen LogP contribution in [-0.4, -0.2) is 54.6 Å². The zero-order valence-electron chi connectivity index (χ0n) is 14.0. The van der Waals surface area contributed by atoms with Gasteiger partial charge in [0, 0.05) is 42.7 Å². The predicted molar refractivity (Wildman–Crippen MR) is 88.5 cm³/mol. The van der Waals surface area contributed by atoms with Gasteiger partial charge in [0.2, 0.25) is 0 Å². The van der Waals surface area contributed by atoms with Crippen molar-refractivity contribution in [3.8, 4) is 6.07 Å². The van der Waals surface area contributed by atoms with E-state index < -0.39 is 0 Å². The lowest BCUT2D eigenvalue weighted by Crippen LogP contribution is -2.58. The van der Waals surface area contributed by atoms with Gasteiger partial charge in [0.25, 0.3) is 0 Å². The first-order valence-electron chi connectivity index (χ1n) is 7.96. The fourth-order valence-corrected chi connectivity index (χ4v) is 3.50. The highest BCUT2D eigenvalue weighted by Gasteiger charge is 2.42. The summed E-state index contributed by atoms with van der Waals surface area (Å²) in [6.07, 6.45) is 0. The molecule has 0 saturated carbocycles. The number of rotatable bonds is 4. The van der Waals surface area contributed by atoms with Gasteiger partial charge in [-0.25, -0.2) is 4.98 Å². The Labute approximate surface area is 137 Å². The quantitative estimate of drug-likeness (QED) is 0.859. The molecule has 0 amide bonds. The Bertz CT molecular complexity index is 608. The number of anilines is 2. The maximum absolute atomic E-state index is 9.66. The molecule has 6 nitrogen and oxygen atoms in total. The highest BCUT2D eigenvalue weighted by atomic mass is 16.3. The monoisotopic (exact) mass is 316 g/mol. The van der Waals surface area contributed by atoms with Crippen LogP contribution >= 0.6 is 0 Å². The highest BCUT2D eigenvalue weighted by Crippen LogP contribution is 2.41. The van der Waals surface area contributed by atoms with Crippen molar-refractivity contribution in [3.05, 3.63) is 17.3 Å². The van der Waals surface area contributed by atoms with Crippen LogP contribution < -0.4 is 9.80 Å². The van der Waals surface area contributed by atoms with Crippen molar-refractivity contribution >= 4 is 11.5 Å². The van der Waals surface area contributed by atoms with Crippen LogP contribution in [0.5, 0.6) is 0 Å². The SMILES string of the molecule is Cc1cc(N2CC(C)(CO)C2)c(C#N)c(N2CC(C)(CO)C2)n1. The van der Waals surface area contributed by atoms with Crippen molar-refractivity contribution in [2.24, 2.45) is 10.8 Å². The summed E-state index contributed by atoms with van der Waals surface area (Å²) >= 11 is 0. The lowest BCUT2D eigenvalue weighted by molar-refractivity contribution is 0.109. The third kappa shape index (κ3) is 2.64. The molecule has 124 valence electrons. The van der Waals surface area contributed by atoms with Gasteiger partial charge < -0.3 is 20.0 Å². The summed E-state index contributed by atoms with van der Waals surface area (Å²) in [5.41, 5.74) is 2.18. The first kappa shape index (κ1) is 16.0. The number of aliphatic hydroxyl groups excluding tert-OH is 2. The van der Waals surface area contributed by atoms with Gasteiger partial charge in [0.05, 0.1) is 18.9 Å². The van der Waals surface area contributed by atoms with Crippen LogP contribution in [-0.2, 0) is 0 Å². The molecule has 6 heteroatoms. The molecule has 2 N–H and O–H groups in total. The van der Waals surface area contributed by atoms with E-state index in [1.54, 1.807) is 0 Å². The van der Waals surface area contributed by atoms with Gasteiger partial charge in [0.1, 0.15) is 17.5 Å². The molecule has 3 rings (SSSR count). The second-order valence-electron chi connectivity index (χ2n) is 7.74. The van der Waals surface area contributed by atoms with E-state index in [-0.39, 0.29) is 24.0 Å². The molecule has 0 atom stereocenters. The normalized spacial score (nSPS) is 21.4. The van der Waals surface area contributed by atoms with Gasteiger partial charge in [-0.2, -0.15) is 5.26 Å². The van der Waals surface area contributed by atoms with Gasteiger partial charge in [-0.3, -0.25) is 0 Å². The Balaban J connectivity index is 1.89. The third-order valence-corrected chi connectivity index (χ3v) is 4.91. The van der Waals surface area contributed by atoms with E-state index in [4.69, 9.17) is 0 Å². The fraction of sp³-hybridized carbons (Fsp3) is 0.647. The van der Waals surface area contributed by atoms with Crippen LogP contribution in [0.25, 0.3) is 0 Å². The van der Waals surface area contributed by atoms with Crippen LogP contribution in [0.15, 0.2) is 6.07 Å². The summed E-state index contributed by atoms with van der Waals surface area (Å²) < 4.78 is 0. The molecule has 0 unspecified atom stereocenters. The van der Waals surface area contributed by atoms with Crippen molar-refractivity contribution in [2.75, 3.05) is 49.2 Å². The topological polar surface area (TPSA) is 83.6 Å². The number of hydrogen-bond acceptors (Lipinski definition) is 6. The lowest BCUT2D eigenvalue weighted by Gasteiger charge is -2.50. The van der Waals surface area contributed by atoms with E-state index in [1.807, 2.05) is 26.8 Å². The molecule has 2 aliphatic rings. The molecule has 2 saturated heterocycles. The standard InChI is InChI=1S/C17H24N4O2/c1-12-4-14(20-6-16(2,7-20)10-22)13(5-18)15(19-12)21-8-17(3,9-21)11-23/h4,22-23H,6-11H2,1-3H3. The molecular weight excluding hydrogens is 292 g/mol. The Morgan fingerprint density at radius 2 is 1.65 bits per heavy atom. The summed E-state index contributed by atoms with van der Waals surface area (Å²) in [4.78, 5) is 8.77. The second-order valence-corrected chi connectivity index (χ2v) is 7.74. The molecule has 0 bridgehead atoms. The molecule has 23 heavy (non-hydrogen) atoms. The van der Waals surface area contributed by atoms with Gasteiger partial charge in [-0.15, -0.1) is 0 Å². The maximum atomic E-state index is 9.66. The van der Waals surface area contributed by atoms with Gasteiger partial charge >= 0.3 is 0 Å². The summed E-state index contributed by atoms with van der Waals surface area (Å²) in [6, 6.07) is 4.26. The molecule has 2 aliphatic heterocycles. The fourth-order valence-electron chi connectivity index (χ4n) is 3.50. The van der Waals surface area contributed by atoms with Crippen molar-refractivity contribution < 1.29 is 10.2 Å². The summed E-state index contributed by atoms with van der Waals surface area (Å²) in [7, 11) is 0. The Hall–Kier alpha value is -1.84. The number of pyridine rings is 1. The predicted octanol–water partition coefficient (Wildman–Crippen LogP) is 0.899. The van der Waals surface area contributed by atoms with Crippen molar-refractivity contribution in [3.63, 3.8) is 0 Å². The number of aromatic nitrogens is 1. The molecule has 0 spiro atoms. The van der Waals surface area contributed by atoms with Crippen LogP contribution in [0.3, 0.4) is 0 Å². The van der Waals surface area contributed by atoms with Crippen molar-refractivity contribution in [1.82, 2.24) is 4.98 Å². The van der Waals surface area contributed by atoms with Gasteiger partial charge in [-0.05, 0) is 13.0 Å². The molecule has 2 fully saturated rings. The Morgan fingerprint density at radius 3 is 2.13 bits per heavy atom. The van der Waals surface area contributed by atoms with Crippen LogP contribution in [0.2, 0.25) is 0 Å². The van der Waals surface area contributed by atoms with Crippen molar-refractivity contribution in [2.45, 2.75) is 20.8 Å². The summed E-state index contributed by atoms with van der Waals surface area (Å²) in [5.74, 6) is 0.714. The van der Waals surface area contributed by atoms with E-state index in [0.717, 1.165) is 24.5 Å². The lowest BCUT2D eigenvalue weighted by atomic mass is 9.81. The average Bonchev–Trinajstić information content (AvgIpc) is 2.47. The first-order valence-corrected chi connectivity index (χ1v) is 7.96. The number of aryl methyl sites for hydroxylation is 1. The molecule has 0 aliphatic carbocycles. The smallest absolute Gasteiger partial charge is 0.148 e. The van der Waals surface area contributed by atoms with Crippen LogP contribution in [0.4, 0.5) is 11.5 Å². The molecule has 1 aromatic heterocycles. The van der Waals surface area contributed by atoms with Crippen LogP contribution in [0.1, 0.15) is 25.1 Å². The van der Waals surface area contributed by atoms with E-state index >= 15 is 0 Å². The minimum absolute atomic E-state index is 0.0870.